The highest BCUT2D eigenvalue weighted by Crippen LogP contribution is 2.27. The fraction of sp³-hybridized carbons (Fsp3) is 0.150. The number of halogens is 1. The average molecular weight is 411 g/mol. The van der Waals surface area contributed by atoms with E-state index in [1.807, 2.05) is 18.2 Å². The van der Waals surface area contributed by atoms with Gasteiger partial charge in [-0.05, 0) is 37.3 Å². The van der Waals surface area contributed by atoms with Crippen molar-refractivity contribution in [2.75, 3.05) is 6.61 Å². The second kappa shape index (κ2) is 9.41. The van der Waals surface area contributed by atoms with Gasteiger partial charge in [0.2, 0.25) is 0 Å². The third-order valence-electron chi connectivity index (χ3n) is 3.41. The van der Waals surface area contributed by atoms with E-state index in [1.54, 1.807) is 37.3 Å². The Morgan fingerprint density at radius 2 is 2.00 bits per heavy atom. The Balaban J connectivity index is 2.32. The van der Waals surface area contributed by atoms with E-state index in [1.165, 1.54) is 6.08 Å². The van der Waals surface area contributed by atoms with Crippen LogP contribution in [0, 0.1) is 22.7 Å². The lowest BCUT2D eigenvalue weighted by molar-refractivity contribution is -0.137. The van der Waals surface area contributed by atoms with Crippen LogP contribution in [0.3, 0.4) is 0 Å². The van der Waals surface area contributed by atoms with Crippen LogP contribution in [-0.4, -0.2) is 12.6 Å². The summed E-state index contributed by atoms with van der Waals surface area (Å²) in [5.74, 6) is -0.200. The summed E-state index contributed by atoms with van der Waals surface area (Å²) in [6, 6.07) is 16.4. The number of hydrogen-bond acceptors (Lipinski definition) is 5. The number of rotatable bonds is 6. The summed E-state index contributed by atoms with van der Waals surface area (Å²) in [5.41, 5.74) is 1.72. The van der Waals surface area contributed by atoms with E-state index in [2.05, 4.69) is 22.0 Å². The summed E-state index contributed by atoms with van der Waals surface area (Å²) >= 11 is 3.37. The lowest BCUT2D eigenvalue weighted by Crippen LogP contribution is -2.06. The van der Waals surface area contributed by atoms with E-state index < -0.39 is 5.97 Å². The normalized spacial score (nSPS) is 10.5. The second-order valence-electron chi connectivity index (χ2n) is 5.13. The molecule has 0 heterocycles. The van der Waals surface area contributed by atoms with Crippen molar-refractivity contribution >= 4 is 28.0 Å². The van der Waals surface area contributed by atoms with E-state index in [4.69, 9.17) is 14.7 Å². The predicted octanol–water partition coefficient (Wildman–Crippen LogP) is 4.37. The van der Waals surface area contributed by atoms with Crippen LogP contribution in [0.2, 0.25) is 0 Å². The molecule has 0 saturated heterocycles. The first-order valence-corrected chi connectivity index (χ1v) is 8.57. The molecule has 0 spiro atoms. The minimum absolute atomic E-state index is 0.118. The third kappa shape index (κ3) is 4.95. The molecule has 2 aromatic rings. The molecule has 0 N–H and O–H groups in total. The highest BCUT2D eigenvalue weighted by Gasteiger charge is 2.12. The smallest absolute Gasteiger partial charge is 0.348 e. The Labute approximate surface area is 160 Å². The van der Waals surface area contributed by atoms with Crippen LogP contribution in [0.1, 0.15) is 23.6 Å². The zero-order valence-corrected chi connectivity index (χ0v) is 15.6. The van der Waals surface area contributed by atoms with Crippen LogP contribution in [0.5, 0.6) is 5.75 Å². The maximum absolute atomic E-state index is 11.8. The number of carbonyl (C=O) groups is 1. The van der Waals surface area contributed by atoms with Gasteiger partial charge < -0.3 is 9.47 Å². The molecular formula is C20H15BrN2O3. The summed E-state index contributed by atoms with van der Waals surface area (Å²) in [6.45, 7) is 2.05. The SMILES string of the molecule is CCOC(=O)/C(C#N)=C/c1cc(Br)ccc1OCc1ccccc1C#N. The van der Waals surface area contributed by atoms with Gasteiger partial charge in [0.15, 0.2) is 0 Å². The number of nitrogens with zero attached hydrogens (tertiary/aromatic N) is 2. The minimum atomic E-state index is -0.684. The molecule has 26 heavy (non-hydrogen) atoms. The Morgan fingerprint density at radius 3 is 2.69 bits per heavy atom. The fourth-order valence-electron chi connectivity index (χ4n) is 2.18. The molecule has 0 saturated carbocycles. The Hall–Kier alpha value is -3.09. The van der Waals surface area contributed by atoms with E-state index in [-0.39, 0.29) is 18.8 Å². The monoisotopic (exact) mass is 410 g/mol. The quantitative estimate of drug-likeness (QED) is 0.401. The molecule has 5 nitrogen and oxygen atoms in total. The van der Waals surface area contributed by atoms with Gasteiger partial charge >= 0.3 is 5.97 Å². The predicted molar refractivity (Wildman–Crippen MR) is 99.9 cm³/mol. The van der Waals surface area contributed by atoms with Gasteiger partial charge in [-0.25, -0.2) is 4.79 Å². The number of ether oxygens (including phenoxy) is 2. The molecule has 0 aromatic heterocycles. The largest absolute Gasteiger partial charge is 0.488 e. The molecule has 0 unspecified atom stereocenters. The maximum atomic E-state index is 11.8. The molecule has 0 amide bonds. The van der Waals surface area contributed by atoms with E-state index in [9.17, 15) is 10.1 Å². The van der Waals surface area contributed by atoms with Crippen molar-refractivity contribution < 1.29 is 14.3 Å². The van der Waals surface area contributed by atoms with Crippen molar-refractivity contribution in [2.24, 2.45) is 0 Å². The van der Waals surface area contributed by atoms with Gasteiger partial charge in [-0.3, -0.25) is 0 Å². The van der Waals surface area contributed by atoms with Gasteiger partial charge in [0.05, 0.1) is 18.2 Å². The summed E-state index contributed by atoms with van der Waals surface area (Å²) in [5, 5.41) is 18.4. The number of benzene rings is 2. The molecular weight excluding hydrogens is 396 g/mol. The standard InChI is InChI=1S/C20H15BrN2O3/c1-2-25-20(24)17(12-23)9-16-10-18(21)7-8-19(16)26-13-15-6-4-3-5-14(15)11-22/h3-10H,2,13H2,1H3/b17-9+. The van der Waals surface area contributed by atoms with E-state index in [0.29, 0.717) is 16.9 Å². The second-order valence-corrected chi connectivity index (χ2v) is 6.05. The zero-order valence-electron chi connectivity index (χ0n) is 14.0. The first kappa shape index (κ1) is 19.2. The molecule has 6 heteroatoms. The number of hydrogen-bond donors (Lipinski definition) is 0. The molecule has 0 radical (unpaired) electrons. The lowest BCUT2D eigenvalue weighted by atomic mass is 10.1. The molecule has 0 fully saturated rings. The van der Waals surface area contributed by atoms with Crippen LogP contribution in [-0.2, 0) is 16.1 Å². The average Bonchev–Trinajstić information content (AvgIpc) is 2.65. The maximum Gasteiger partial charge on any atom is 0.348 e. The van der Waals surface area contributed by atoms with Gasteiger partial charge in [0, 0.05) is 15.6 Å². The topological polar surface area (TPSA) is 83.1 Å². The van der Waals surface area contributed by atoms with E-state index >= 15 is 0 Å². The van der Waals surface area contributed by atoms with Crippen molar-refractivity contribution in [1.82, 2.24) is 0 Å². The summed E-state index contributed by atoms with van der Waals surface area (Å²) in [4.78, 5) is 11.8. The van der Waals surface area contributed by atoms with Crippen LogP contribution in [0.25, 0.3) is 6.08 Å². The van der Waals surface area contributed by atoms with Crippen molar-refractivity contribution in [1.29, 1.82) is 10.5 Å². The minimum Gasteiger partial charge on any atom is -0.488 e. The highest BCUT2D eigenvalue weighted by atomic mass is 79.9. The molecule has 0 bridgehead atoms. The molecule has 0 aliphatic carbocycles. The van der Waals surface area contributed by atoms with Crippen LogP contribution in [0.15, 0.2) is 52.5 Å². The fourth-order valence-corrected chi connectivity index (χ4v) is 2.55. The lowest BCUT2D eigenvalue weighted by Gasteiger charge is -2.11. The zero-order chi connectivity index (χ0) is 18.9. The molecule has 130 valence electrons. The highest BCUT2D eigenvalue weighted by molar-refractivity contribution is 9.10. The Morgan fingerprint density at radius 1 is 1.23 bits per heavy atom. The summed E-state index contributed by atoms with van der Waals surface area (Å²) < 4.78 is 11.5. The first-order valence-electron chi connectivity index (χ1n) is 7.78. The third-order valence-corrected chi connectivity index (χ3v) is 3.90. The summed E-state index contributed by atoms with van der Waals surface area (Å²) in [7, 11) is 0. The van der Waals surface area contributed by atoms with Crippen LogP contribution < -0.4 is 4.74 Å². The van der Waals surface area contributed by atoms with Crippen molar-refractivity contribution in [3.8, 4) is 17.9 Å². The van der Waals surface area contributed by atoms with Crippen molar-refractivity contribution in [3.05, 3.63) is 69.2 Å². The van der Waals surface area contributed by atoms with Gasteiger partial charge in [0.1, 0.15) is 24.0 Å². The molecule has 2 rings (SSSR count). The Kier molecular flexibility index (Phi) is 6.96. The first-order chi connectivity index (χ1) is 12.6. The van der Waals surface area contributed by atoms with Gasteiger partial charge in [-0.1, -0.05) is 34.1 Å². The van der Waals surface area contributed by atoms with Gasteiger partial charge in [-0.2, -0.15) is 10.5 Å². The van der Waals surface area contributed by atoms with E-state index in [0.717, 1.165) is 10.0 Å². The number of nitriles is 2. The van der Waals surface area contributed by atoms with Crippen molar-refractivity contribution in [2.45, 2.75) is 13.5 Å². The van der Waals surface area contributed by atoms with Crippen molar-refractivity contribution in [3.63, 3.8) is 0 Å². The number of carbonyl (C=O) groups excluding carboxylic acids is 1. The Bertz CT molecular complexity index is 923. The van der Waals surface area contributed by atoms with Gasteiger partial charge in [-0.15, -0.1) is 0 Å². The molecule has 2 aromatic carbocycles. The molecule has 0 aliphatic heterocycles. The van der Waals surface area contributed by atoms with Crippen LogP contribution in [0.4, 0.5) is 0 Å². The molecule has 0 aliphatic rings. The van der Waals surface area contributed by atoms with Gasteiger partial charge in [0.25, 0.3) is 0 Å². The van der Waals surface area contributed by atoms with Crippen LogP contribution >= 0.6 is 15.9 Å². The molecule has 0 atom stereocenters. The summed E-state index contributed by atoms with van der Waals surface area (Å²) in [6.07, 6.45) is 1.42. The number of esters is 1.